The molecule has 0 saturated carbocycles. The molecule has 2 N–H and O–H groups in total. The van der Waals surface area contributed by atoms with E-state index in [0.717, 1.165) is 12.8 Å². The van der Waals surface area contributed by atoms with Crippen LogP contribution in [0.15, 0.2) is 22.8 Å². The molecule has 1 unspecified atom stereocenters. The molecule has 96 valence electrons. The lowest BCUT2D eigenvalue weighted by atomic mass is 10.0. The van der Waals surface area contributed by atoms with Crippen molar-refractivity contribution in [3.63, 3.8) is 0 Å². The molecule has 1 aromatic rings. The number of hydrogen-bond donors (Lipinski definition) is 1. The Labute approximate surface area is 113 Å². The van der Waals surface area contributed by atoms with Gasteiger partial charge < -0.3 is 10.6 Å². The Bertz CT molecular complexity index is 478. The van der Waals surface area contributed by atoms with Crippen LogP contribution < -0.4 is 5.73 Å². The molecule has 5 nitrogen and oxygen atoms in total. The molecule has 1 aromatic heterocycles. The molecule has 6 heteroatoms. The van der Waals surface area contributed by atoms with Crippen molar-refractivity contribution in [3.8, 4) is 0 Å². The molecule has 2 rings (SSSR count). The van der Waals surface area contributed by atoms with Gasteiger partial charge in [0.15, 0.2) is 0 Å². The molecule has 0 spiro atoms. The summed E-state index contributed by atoms with van der Waals surface area (Å²) < 4.78 is 0.598. The van der Waals surface area contributed by atoms with Crippen LogP contribution in [0.5, 0.6) is 0 Å². The van der Waals surface area contributed by atoms with Crippen LogP contribution in [0.2, 0.25) is 0 Å². The second-order valence-corrected chi connectivity index (χ2v) is 5.07. The van der Waals surface area contributed by atoms with Crippen LogP contribution in [0.3, 0.4) is 0 Å². The topological polar surface area (TPSA) is 76.3 Å². The largest absolute Gasteiger partial charge is 0.368 e. The fraction of sp³-hybridized carbons (Fsp3) is 0.417. The van der Waals surface area contributed by atoms with Gasteiger partial charge in [-0.05, 0) is 47.3 Å². The van der Waals surface area contributed by atoms with E-state index in [1.54, 1.807) is 18.2 Å². The summed E-state index contributed by atoms with van der Waals surface area (Å²) in [7, 11) is 0. The van der Waals surface area contributed by atoms with Gasteiger partial charge in [-0.1, -0.05) is 6.07 Å². The molecular weight excluding hydrogens is 298 g/mol. The van der Waals surface area contributed by atoms with Gasteiger partial charge >= 0.3 is 0 Å². The Kier molecular flexibility index (Phi) is 3.96. The summed E-state index contributed by atoms with van der Waals surface area (Å²) in [4.78, 5) is 29.3. The Balaban J connectivity index is 2.23. The van der Waals surface area contributed by atoms with Crippen LogP contribution in [-0.4, -0.2) is 34.3 Å². The van der Waals surface area contributed by atoms with Crippen molar-refractivity contribution in [1.29, 1.82) is 0 Å². The SMILES string of the molecule is NC(=O)C1CCCCN1C(=O)c1cccc(Br)n1. The van der Waals surface area contributed by atoms with Gasteiger partial charge in [-0.15, -0.1) is 0 Å². The van der Waals surface area contributed by atoms with Crippen LogP contribution in [0.25, 0.3) is 0 Å². The zero-order valence-corrected chi connectivity index (χ0v) is 11.4. The number of primary amides is 1. The number of carbonyl (C=O) groups excluding carboxylic acids is 2. The van der Waals surface area contributed by atoms with E-state index in [-0.39, 0.29) is 5.91 Å². The summed E-state index contributed by atoms with van der Waals surface area (Å²) in [5, 5.41) is 0. The van der Waals surface area contributed by atoms with E-state index in [2.05, 4.69) is 20.9 Å². The number of carbonyl (C=O) groups is 2. The number of likely N-dealkylation sites (tertiary alicyclic amines) is 1. The summed E-state index contributed by atoms with van der Waals surface area (Å²) in [5.74, 6) is -0.683. The molecule has 2 amide bonds. The minimum atomic E-state index is -0.507. The molecule has 0 bridgehead atoms. The molecule has 1 aliphatic heterocycles. The quantitative estimate of drug-likeness (QED) is 0.837. The maximum Gasteiger partial charge on any atom is 0.273 e. The lowest BCUT2D eigenvalue weighted by Crippen LogP contribution is -2.50. The van der Waals surface area contributed by atoms with Crippen LogP contribution >= 0.6 is 15.9 Å². The summed E-state index contributed by atoms with van der Waals surface area (Å²) in [6.45, 7) is 0.556. The van der Waals surface area contributed by atoms with Crippen molar-refractivity contribution in [3.05, 3.63) is 28.5 Å². The standard InChI is InChI=1S/C12H14BrN3O2/c13-10-6-3-4-8(15-10)12(18)16-7-2-1-5-9(16)11(14)17/h3-4,6,9H,1-2,5,7H2,(H2,14,17). The van der Waals surface area contributed by atoms with E-state index in [4.69, 9.17) is 5.73 Å². The van der Waals surface area contributed by atoms with E-state index in [1.165, 1.54) is 4.90 Å². The Hall–Kier alpha value is -1.43. The van der Waals surface area contributed by atoms with Gasteiger partial charge in [0, 0.05) is 6.54 Å². The molecule has 1 atom stereocenters. The van der Waals surface area contributed by atoms with Crippen molar-refractivity contribution >= 4 is 27.7 Å². The number of nitrogens with zero attached hydrogens (tertiary/aromatic N) is 2. The first-order valence-corrected chi connectivity index (χ1v) is 6.62. The van der Waals surface area contributed by atoms with Crippen molar-refractivity contribution in [1.82, 2.24) is 9.88 Å². The summed E-state index contributed by atoms with van der Waals surface area (Å²) in [6, 6.07) is 4.62. The highest BCUT2D eigenvalue weighted by atomic mass is 79.9. The number of amides is 2. The van der Waals surface area contributed by atoms with Gasteiger partial charge in [-0.25, -0.2) is 4.98 Å². The highest BCUT2D eigenvalue weighted by molar-refractivity contribution is 9.10. The average Bonchev–Trinajstić information content (AvgIpc) is 2.38. The number of piperidine rings is 1. The number of nitrogens with two attached hydrogens (primary N) is 1. The summed E-state index contributed by atoms with van der Waals surface area (Å²) in [6.07, 6.45) is 2.45. The van der Waals surface area contributed by atoms with Gasteiger partial charge in [0.05, 0.1) is 0 Å². The lowest BCUT2D eigenvalue weighted by molar-refractivity contribution is -0.123. The number of aromatic nitrogens is 1. The van der Waals surface area contributed by atoms with Gasteiger partial charge in [0.25, 0.3) is 5.91 Å². The Morgan fingerprint density at radius 2 is 2.17 bits per heavy atom. The first-order valence-electron chi connectivity index (χ1n) is 5.82. The maximum atomic E-state index is 12.3. The van der Waals surface area contributed by atoms with Crippen LogP contribution in [0.1, 0.15) is 29.8 Å². The van der Waals surface area contributed by atoms with Gasteiger partial charge in [0.1, 0.15) is 16.3 Å². The molecule has 0 aliphatic carbocycles. The third kappa shape index (κ3) is 2.69. The normalized spacial score (nSPS) is 19.6. The molecular formula is C12H14BrN3O2. The number of halogens is 1. The van der Waals surface area contributed by atoms with Crippen molar-refractivity contribution in [2.75, 3.05) is 6.54 Å². The zero-order chi connectivity index (χ0) is 13.1. The minimum Gasteiger partial charge on any atom is -0.368 e. The van der Waals surface area contributed by atoms with Gasteiger partial charge in [-0.2, -0.15) is 0 Å². The third-order valence-corrected chi connectivity index (χ3v) is 3.47. The lowest BCUT2D eigenvalue weighted by Gasteiger charge is -2.33. The van der Waals surface area contributed by atoms with Crippen LogP contribution in [-0.2, 0) is 4.79 Å². The van der Waals surface area contributed by atoms with Crippen molar-refractivity contribution in [2.45, 2.75) is 25.3 Å². The summed E-state index contributed by atoms with van der Waals surface area (Å²) in [5.41, 5.74) is 5.67. The molecule has 1 saturated heterocycles. The zero-order valence-electron chi connectivity index (χ0n) is 9.80. The minimum absolute atomic E-state index is 0.236. The molecule has 2 heterocycles. The summed E-state index contributed by atoms with van der Waals surface area (Å²) >= 11 is 3.23. The van der Waals surface area contributed by atoms with Gasteiger partial charge in [0.2, 0.25) is 5.91 Å². The molecule has 0 radical (unpaired) electrons. The Morgan fingerprint density at radius 3 is 2.83 bits per heavy atom. The first-order chi connectivity index (χ1) is 8.59. The van der Waals surface area contributed by atoms with E-state index < -0.39 is 11.9 Å². The predicted octanol–water partition coefficient (Wildman–Crippen LogP) is 1.32. The third-order valence-electron chi connectivity index (χ3n) is 3.03. The van der Waals surface area contributed by atoms with E-state index >= 15 is 0 Å². The maximum absolute atomic E-state index is 12.3. The molecule has 1 aliphatic rings. The smallest absolute Gasteiger partial charge is 0.273 e. The highest BCUT2D eigenvalue weighted by Gasteiger charge is 2.31. The molecule has 18 heavy (non-hydrogen) atoms. The number of pyridine rings is 1. The highest BCUT2D eigenvalue weighted by Crippen LogP contribution is 2.19. The predicted molar refractivity (Wildman–Crippen MR) is 69.8 cm³/mol. The van der Waals surface area contributed by atoms with E-state index in [0.29, 0.717) is 23.3 Å². The second kappa shape index (κ2) is 5.48. The van der Waals surface area contributed by atoms with E-state index in [9.17, 15) is 9.59 Å². The fourth-order valence-corrected chi connectivity index (χ4v) is 2.49. The van der Waals surface area contributed by atoms with Gasteiger partial charge in [-0.3, -0.25) is 9.59 Å². The monoisotopic (exact) mass is 311 g/mol. The van der Waals surface area contributed by atoms with Crippen LogP contribution in [0.4, 0.5) is 0 Å². The average molecular weight is 312 g/mol. The molecule has 0 aromatic carbocycles. The number of rotatable bonds is 2. The molecule has 1 fully saturated rings. The second-order valence-electron chi connectivity index (χ2n) is 4.26. The first kappa shape index (κ1) is 13.0. The number of hydrogen-bond acceptors (Lipinski definition) is 3. The van der Waals surface area contributed by atoms with Crippen molar-refractivity contribution in [2.24, 2.45) is 5.73 Å². The Morgan fingerprint density at radius 1 is 1.39 bits per heavy atom. The van der Waals surface area contributed by atoms with E-state index in [1.807, 2.05) is 0 Å². The fourth-order valence-electron chi connectivity index (χ4n) is 2.14. The van der Waals surface area contributed by atoms with Crippen LogP contribution in [0, 0.1) is 0 Å². The van der Waals surface area contributed by atoms with Crippen molar-refractivity contribution < 1.29 is 9.59 Å².